The van der Waals surface area contributed by atoms with Gasteiger partial charge in [0.05, 0.1) is 5.56 Å². The van der Waals surface area contributed by atoms with Crippen LogP contribution in [-0.2, 0) is 4.79 Å². The van der Waals surface area contributed by atoms with E-state index in [1.807, 2.05) is 50.2 Å². The van der Waals surface area contributed by atoms with Crippen LogP contribution in [0.4, 0.5) is 5.69 Å². The fraction of sp³-hybridized carbons (Fsp3) is 0.130. The van der Waals surface area contributed by atoms with Crippen molar-refractivity contribution in [3.05, 3.63) is 73.8 Å². The second-order valence-corrected chi connectivity index (χ2v) is 9.03. The van der Waals surface area contributed by atoms with Crippen molar-refractivity contribution < 1.29 is 13.9 Å². The number of carbonyl (C=O) groups is 1. The van der Waals surface area contributed by atoms with Crippen molar-refractivity contribution in [1.29, 1.82) is 0 Å². The summed E-state index contributed by atoms with van der Waals surface area (Å²) in [6, 6.07) is 17.2. The van der Waals surface area contributed by atoms with Gasteiger partial charge in [-0.1, -0.05) is 17.7 Å². The maximum Gasteiger partial charge on any atom is 0.262 e. The number of oxazole rings is 1. The van der Waals surface area contributed by atoms with Crippen LogP contribution in [0.5, 0.6) is 5.75 Å². The topological polar surface area (TPSA) is 64.4 Å². The molecule has 0 atom stereocenters. The molecule has 0 fully saturated rings. The minimum Gasteiger partial charge on any atom is -0.483 e. The summed E-state index contributed by atoms with van der Waals surface area (Å²) >= 11 is 5.79. The second kappa shape index (κ2) is 8.77. The Balaban J connectivity index is 1.48. The van der Waals surface area contributed by atoms with Gasteiger partial charge >= 0.3 is 0 Å². The number of fused-ring (bicyclic) bond motifs is 1. The lowest BCUT2D eigenvalue weighted by Gasteiger charge is -2.10. The number of aryl methyl sites for hydroxylation is 2. The first-order chi connectivity index (χ1) is 14.4. The van der Waals surface area contributed by atoms with Crippen molar-refractivity contribution in [2.45, 2.75) is 13.8 Å². The zero-order valence-electron chi connectivity index (χ0n) is 16.3. The van der Waals surface area contributed by atoms with Crippen LogP contribution >= 0.6 is 38.5 Å². The van der Waals surface area contributed by atoms with Crippen LogP contribution < -0.4 is 10.1 Å². The SMILES string of the molecule is Cc1ccc(OCC(=O)Nc2ccc3oc(-c4cc(I)ccc4Br)nc3c2)c(C)c1. The molecule has 3 aromatic carbocycles. The number of carbonyl (C=O) groups excluding carboxylic acids is 1. The summed E-state index contributed by atoms with van der Waals surface area (Å²) in [7, 11) is 0. The molecule has 0 aliphatic rings. The number of hydrogen-bond donors (Lipinski definition) is 1. The van der Waals surface area contributed by atoms with Gasteiger partial charge in [0, 0.05) is 13.7 Å². The van der Waals surface area contributed by atoms with Crippen LogP contribution in [0.3, 0.4) is 0 Å². The van der Waals surface area contributed by atoms with Crippen LogP contribution in [0.25, 0.3) is 22.6 Å². The summed E-state index contributed by atoms with van der Waals surface area (Å²) in [6.07, 6.45) is 0. The van der Waals surface area contributed by atoms with Gasteiger partial charge < -0.3 is 14.5 Å². The summed E-state index contributed by atoms with van der Waals surface area (Å²) < 4.78 is 13.5. The lowest BCUT2D eigenvalue weighted by atomic mass is 10.1. The third-order valence-corrected chi connectivity index (χ3v) is 5.88. The first-order valence-electron chi connectivity index (χ1n) is 9.25. The fourth-order valence-electron chi connectivity index (χ4n) is 3.08. The lowest BCUT2D eigenvalue weighted by molar-refractivity contribution is -0.118. The predicted octanol–water partition coefficient (Wildman–Crippen LogP) is 6.50. The Morgan fingerprint density at radius 1 is 1.13 bits per heavy atom. The molecule has 1 amide bonds. The monoisotopic (exact) mass is 576 g/mol. The molecule has 0 bridgehead atoms. The molecule has 0 aliphatic carbocycles. The molecule has 4 rings (SSSR count). The average Bonchev–Trinajstić information content (AvgIpc) is 3.12. The number of ether oxygens (including phenoxy) is 1. The number of nitrogens with zero attached hydrogens (tertiary/aromatic N) is 1. The Labute approximate surface area is 196 Å². The number of hydrogen-bond acceptors (Lipinski definition) is 4. The van der Waals surface area contributed by atoms with Crippen molar-refractivity contribution >= 4 is 61.2 Å². The molecule has 0 unspecified atom stereocenters. The predicted molar refractivity (Wildman–Crippen MR) is 130 cm³/mol. The van der Waals surface area contributed by atoms with Gasteiger partial charge in [-0.25, -0.2) is 4.98 Å². The number of rotatable bonds is 5. The number of anilines is 1. The normalized spacial score (nSPS) is 10.9. The van der Waals surface area contributed by atoms with Crippen molar-refractivity contribution in [3.8, 4) is 17.2 Å². The van der Waals surface area contributed by atoms with Crippen LogP contribution in [0.1, 0.15) is 11.1 Å². The summed E-state index contributed by atoms with van der Waals surface area (Å²) in [6.45, 7) is 3.91. The van der Waals surface area contributed by atoms with E-state index in [0.717, 1.165) is 24.7 Å². The third-order valence-electron chi connectivity index (χ3n) is 4.52. The van der Waals surface area contributed by atoms with E-state index in [1.165, 1.54) is 0 Å². The molecule has 0 aliphatic heterocycles. The van der Waals surface area contributed by atoms with E-state index in [1.54, 1.807) is 18.2 Å². The highest BCUT2D eigenvalue weighted by atomic mass is 127. The Morgan fingerprint density at radius 3 is 2.77 bits per heavy atom. The molecular formula is C23H18BrIN2O3. The molecule has 0 radical (unpaired) electrons. The van der Waals surface area contributed by atoms with Gasteiger partial charge in [0.2, 0.25) is 5.89 Å². The fourth-order valence-corrected chi connectivity index (χ4v) is 3.99. The zero-order valence-corrected chi connectivity index (χ0v) is 20.1. The lowest BCUT2D eigenvalue weighted by Crippen LogP contribution is -2.20. The summed E-state index contributed by atoms with van der Waals surface area (Å²) in [5, 5.41) is 2.85. The molecule has 1 heterocycles. The van der Waals surface area contributed by atoms with Crippen molar-refractivity contribution in [2.24, 2.45) is 0 Å². The van der Waals surface area contributed by atoms with E-state index >= 15 is 0 Å². The van der Waals surface area contributed by atoms with Gasteiger partial charge in [-0.3, -0.25) is 4.79 Å². The van der Waals surface area contributed by atoms with Gasteiger partial charge in [-0.2, -0.15) is 0 Å². The van der Waals surface area contributed by atoms with Crippen molar-refractivity contribution in [1.82, 2.24) is 4.98 Å². The Morgan fingerprint density at radius 2 is 1.97 bits per heavy atom. The first-order valence-corrected chi connectivity index (χ1v) is 11.1. The molecule has 7 heteroatoms. The van der Waals surface area contributed by atoms with Gasteiger partial charge in [-0.15, -0.1) is 0 Å². The van der Waals surface area contributed by atoms with Crippen LogP contribution in [0.15, 0.2) is 63.5 Å². The quantitative estimate of drug-likeness (QED) is 0.276. The van der Waals surface area contributed by atoms with E-state index in [2.05, 4.69) is 48.8 Å². The highest BCUT2D eigenvalue weighted by Crippen LogP contribution is 2.32. The van der Waals surface area contributed by atoms with Crippen LogP contribution in [0.2, 0.25) is 0 Å². The number of benzene rings is 3. The standard InChI is InChI=1S/C23H18BrIN2O3/c1-13-3-7-20(14(2)9-13)29-12-22(28)26-16-5-8-21-19(11-16)27-23(30-21)17-10-15(25)4-6-18(17)24/h3-11H,12H2,1-2H3,(H,26,28). The van der Waals surface area contributed by atoms with Gasteiger partial charge in [0.25, 0.3) is 5.91 Å². The maximum atomic E-state index is 12.3. The summed E-state index contributed by atoms with van der Waals surface area (Å²) in [4.78, 5) is 16.9. The van der Waals surface area contributed by atoms with Gasteiger partial charge in [0.15, 0.2) is 12.2 Å². The Kier molecular flexibility index (Phi) is 6.10. The first kappa shape index (κ1) is 20.9. The molecular weight excluding hydrogens is 559 g/mol. The number of nitrogens with one attached hydrogen (secondary N) is 1. The molecule has 0 saturated heterocycles. The molecule has 4 aromatic rings. The van der Waals surface area contributed by atoms with E-state index in [4.69, 9.17) is 9.15 Å². The van der Waals surface area contributed by atoms with E-state index in [0.29, 0.717) is 28.4 Å². The van der Waals surface area contributed by atoms with Gasteiger partial charge in [-0.05, 0) is 100 Å². The van der Waals surface area contributed by atoms with Crippen molar-refractivity contribution in [2.75, 3.05) is 11.9 Å². The molecule has 1 N–H and O–H groups in total. The smallest absolute Gasteiger partial charge is 0.262 e. The maximum absolute atomic E-state index is 12.3. The molecule has 5 nitrogen and oxygen atoms in total. The minimum atomic E-state index is -0.238. The minimum absolute atomic E-state index is 0.0681. The molecule has 1 aromatic heterocycles. The molecule has 0 spiro atoms. The third kappa shape index (κ3) is 4.67. The van der Waals surface area contributed by atoms with Gasteiger partial charge in [0.1, 0.15) is 11.3 Å². The van der Waals surface area contributed by atoms with Crippen molar-refractivity contribution in [3.63, 3.8) is 0 Å². The Hall–Kier alpha value is -2.39. The summed E-state index contributed by atoms with van der Waals surface area (Å²) in [5.74, 6) is 0.992. The van der Waals surface area contributed by atoms with E-state index < -0.39 is 0 Å². The van der Waals surface area contributed by atoms with Crippen LogP contribution in [-0.4, -0.2) is 17.5 Å². The number of aromatic nitrogens is 1. The largest absolute Gasteiger partial charge is 0.483 e. The van der Waals surface area contributed by atoms with E-state index in [9.17, 15) is 4.79 Å². The average molecular weight is 577 g/mol. The molecule has 152 valence electrons. The van der Waals surface area contributed by atoms with E-state index in [-0.39, 0.29) is 12.5 Å². The summed E-state index contributed by atoms with van der Waals surface area (Å²) in [5.41, 5.74) is 5.00. The second-order valence-electron chi connectivity index (χ2n) is 6.93. The highest BCUT2D eigenvalue weighted by molar-refractivity contribution is 14.1. The zero-order chi connectivity index (χ0) is 21.3. The molecule has 0 saturated carbocycles. The Bertz CT molecular complexity index is 1250. The highest BCUT2D eigenvalue weighted by Gasteiger charge is 2.13. The van der Waals surface area contributed by atoms with Crippen LogP contribution in [0, 0.1) is 17.4 Å². The number of amides is 1. The molecule has 30 heavy (non-hydrogen) atoms. The number of halogens is 2.